The molecular formula is C16H22N2OS. The van der Waals surface area contributed by atoms with E-state index < -0.39 is 0 Å². The molecule has 1 aromatic carbocycles. The molecule has 2 rings (SSSR count). The van der Waals surface area contributed by atoms with Crippen molar-refractivity contribution in [3.8, 4) is 6.07 Å². The summed E-state index contributed by atoms with van der Waals surface area (Å²) in [5, 5.41) is 13.3. The summed E-state index contributed by atoms with van der Waals surface area (Å²) in [4.78, 5) is 1.11. The lowest BCUT2D eigenvalue weighted by atomic mass is 10.1. The second-order valence-corrected chi connectivity index (χ2v) is 6.39. The van der Waals surface area contributed by atoms with Gasteiger partial charge in [-0.15, -0.1) is 11.8 Å². The summed E-state index contributed by atoms with van der Waals surface area (Å²) in [7, 11) is 0. The number of benzene rings is 1. The van der Waals surface area contributed by atoms with Gasteiger partial charge in [-0.25, -0.2) is 0 Å². The summed E-state index contributed by atoms with van der Waals surface area (Å²) < 4.78 is 5.38. The van der Waals surface area contributed by atoms with Crippen molar-refractivity contribution in [3.05, 3.63) is 29.3 Å². The highest BCUT2D eigenvalue weighted by Crippen LogP contribution is 2.32. The van der Waals surface area contributed by atoms with Crippen LogP contribution in [0.5, 0.6) is 0 Å². The zero-order valence-corrected chi connectivity index (χ0v) is 12.8. The molecule has 1 heterocycles. The molecule has 0 saturated carbocycles. The standard InChI is InChI=1S/C16H22N2OS/c1-2-7-18-12-13-3-4-16(14(10-13)11-17)20-15-5-8-19-9-6-15/h3-4,10,15,18H,2,5-9,12H2,1H3. The van der Waals surface area contributed by atoms with E-state index in [0.717, 1.165) is 56.0 Å². The van der Waals surface area contributed by atoms with E-state index in [0.29, 0.717) is 5.25 Å². The quantitative estimate of drug-likeness (QED) is 0.816. The van der Waals surface area contributed by atoms with Crippen molar-refractivity contribution >= 4 is 11.8 Å². The Morgan fingerprint density at radius 3 is 2.90 bits per heavy atom. The van der Waals surface area contributed by atoms with Gasteiger partial charge in [0, 0.05) is 29.9 Å². The summed E-state index contributed by atoms with van der Waals surface area (Å²) in [5.74, 6) is 0. The molecule has 3 nitrogen and oxygen atoms in total. The molecule has 1 saturated heterocycles. The van der Waals surface area contributed by atoms with Gasteiger partial charge >= 0.3 is 0 Å². The third-order valence-corrected chi connectivity index (χ3v) is 4.80. The fourth-order valence-corrected chi connectivity index (χ4v) is 3.43. The van der Waals surface area contributed by atoms with Gasteiger partial charge in [-0.1, -0.05) is 13.0 Å². The number of rotatable bonds is 6. The van der Waals surface area contributed by atoms with Crippen molar-refractivity contribution in [2.75, 3.05) is 19.8 Å². The molecule has 1 N–H and O–H groups in total. The van der Waals surface area contributed by atoms with E-state index >= 15 is 0 Å². The van der Waals surface area contributed by atoms with Gasteiger partial charge in [0.05, 0.1) is 5.56 Å². The molecule has 0 atom stereocenters. The van der Waals surface area contributed by atoms with E-state index in [9.17, 15) is 5.26 Å². The van der Waals surface area contributed by atoms with Gasteiger partial charge in [0.25, 0.3) is 0 Å². The maximum atomic E-state index is 9.34. The molecular weight excluding hydrogens is 268 g/mol. The van der Waals surface area contributed by atoms with Crippen molar-refractivity contribution in [2.24, 2.45) is 0 Å². The van der Waals surface area contributed by atoms with Gasteiger partial charge in [-0.05, 0) is 43.5 Å². The largest absolute Gasteiger partial charge is 0.381 e. The predicted octanol–water partition coefficient (Wildman–Crippen LogP) is 3.33. The molecule has 4 heteroatoms. The lowest BCUT2D eigenvalue weighted by Gasteiger charge is -2.22. The molecule has 108 valence electrons. The number of thioether (sulfide) groups is 1. The molecule has 0 unspecified atom stereocenters. The van der Waals surface area contributed by atoms with E-state index in [-0.39, 0.29) is 0 Å². The van der Waals surface area contributed by atoms with Crippen molar-refractivity contribution in [3.63, 3.8) is 0 Å². The Kier molecular flexibility index (Phi) is 6.38. The second-order valence-electron chi connectivity index (χ2n) is 5.05. The number of nitriles is 1. The minimum atomic E-state index is 0.583. The number of nitrogens with zero attached hydrogens (tertiary/aromatic N) is 1. The lowest BCUT2D eigenvalue weighted by Crippen LogP contribution is -2.17. The zero-order valence-electron chi connectivity index (χ0n) is 12.0. The average Bonchev–Trinajstić information content (AvgIpc) is 2.50. The Balaban J connectivity index is 2.00. The van der Waals surface area contributed by atoms with Crippen LogP contribution >= 0.6 is 11.8 Å². The van der Waals surface area contributed by atoms with Crippen molar-refractivity contribution < 1.29 is 4.74 Å². The number of hydrogen-bond acceptors (Lipinski definition) is 4. The third kappa shape index (κ3) is 4.52. The molecule has 0 radical (unpaired) electrons. The summed E-state index contributed by atoms with van der Waals surface area (Å²) in [5.41, 5.74) is 1.99. The first-order valence-corrected chi connectivity index (χ1v) is 8.19. The van der Waals surface area contributed by atoms with Crippen LogP contribution < -0.4 is 5.32 Å². The first kappa shape index (κ1) is 15.4. The van der Waals surface area contributed by atoms with E-state index in [1.165, 1.54) is 5.56 Å². The molecule has 20 heavy (non-hydrogen) atoms. The first-order valence-electron chi connectivity index (χ1n) is 7.31. The smallest absolute Gasteiger partial charge is 0.100 e. The first-order chi connectivity index (χ1) is 9.83. The van der Waals surface area contributed by atoms with Gasteiger partial charge in [0.1, 0.15) is 6.07 Å². The van der Waals surface area contributed by atoms with Crippen LogP contribution in [0.4, 0.5) is 0 Å². The highest BCUT2D eigenvalue weighted by atomic mass is 32.2. The molecule has 1 aromatic rings. The number of ether oxygens (including phenoxy) is 1. The number of hydrogen-bond donors (Lipinski definition) is 1. The summed E-state index contributed by atoms with van der Waals surface area (Å²) >= 11 is 1.83. The molecule has 1 fully saturated rings. The van der Waals surface area contributed by atoms with E-state index in [4.69, 9.17) is 4.74 Å². The van der Waals surface area contributed by atoms with Crippen LogP contribution in [0.1, 0.15) is 37.3 Å². The van der Waals surface area contributed by atoms with Crippen LogP contribution in [0.3, 0.4) is 0 Å². The van der Waals surface area contributed by atoms with Gasteiger partial charge in [-0.2, -0.15) is 5.26 Å². The Morgan fingerprint density at radius 2 is 2.20 bits per heavy atom. The van der Waals surface area contributed by atoms with Crippen LogP contribution in [0.15, 0.2) is 23.1 Å². The lowest BCUT2D eigenvalue weighted by molar-refractivity contribution is 0.100. The Bertz CT molecular complexity index is 464. The summed E-state index contributed by atoms with van der Waals surface area (Å²) in [6.45, 7) is 5.70. The van der Waals surface area contributed by atoms with Gasteiger partial charge < -0.3 is 10.1 Å². The molecule has 0 bridgehead atoms. The Hall–Kier alpha value is -1.02. The van der Waals surface area contributed by atoms with Gasteiger partial charge in [0.2, 0.25) is 0 Å². The Morgan fingerprint density at radius 1 is 1.40 bits per heavy atom. The summed E-state index contributed by atoms with van der Waals surface area (Å²) in [6.07, 6.45) is 3.29. The Labute approximate surface area is 125 Å². The van der Waals surface area contributed by atoms with Crippen LogP contribution in [0.25, 0.3) is 0 Å². The van der Waals surface area contributed by atoms with Crippen molar-refractivity contribution in [1.29, 1.82) is 5.26 Å². The maximum Gasteiger partial charge on any atom is 0.100 e. The molecule has 1 aliphatic rings. The minimum absolute atomic E-state index is 0.583. The topological polar surface area (TPSA) is 45.0 Å². The van der Waals surface area contributed by atoms with Gasteiger partial charge in [0.15, 0.2) is 0 Å². The monoisotopic (exact) mass is 290 g/mol. The maximum absolute atomic E-state index is 9.34. The fourth-order valence-electron chi connectivity index (χ4n) is 2.26. The zero-order chi connectivity index (χ0) is 14.2. The highest BCUT2D eigenvalue weighted by molar-refractivity contribution is 8.00. The van der Waals surface area contributed by atoms with Crippen LogP contribution in [0.2, 0.25) is 0 Å². The third-order valence-electron chi connectivity index (χ3n) is 3.38. The molecule has 0 aromatic heterocycles. The predicted molar refractivity (Wildman–Crippen MR) is 82.9 cm³/mol. The average molecular weight is 290 g/mol. The SMILES string of the molecule is CCCNCc1ccc(SC2CCOCC2)c(C#N)c1. The molecule has 0 aliphatic carbocycles. The fraction of sp³-hybridized carbons (Fsp3) is 0.562. The van der Waals surface area contributed by atoms with Crippen molar-refractivity contribution in [2.45, 2.75) is 42.9 Å². The normalized spacial score (nSPS) is 16.0. The second kappa shape index (κ2) is 8.31. The highest BCUT2D eigenvalue weighted by Gasteiger charge is 2.16. The van der Waals surface area contributed by atoms with E-state index in [2.05, 4.69) is 30.4 Å². The summed E-state index contributed by atoms with van der Waals surface area (Å²) in [6, 6.07) is 8.58. The van der Waals surface area contributed by atoms with E-state index in [1.54, 1.807) is 0 Å². The molecule has 0 spiro atoms. The number of nitrogens with one attached hydrogen (secondary N) is 1. The molecule has 1 aliphatic heterocycles. The van der Waals surface area contributed by atoms with Gasteiger partial charge in [-0.3, -0.25) is 0 Å². The van der Waals surface area contributed by atoms with E-state index in [1.807, 2.05) is 17.8 Å². The van der Waals surface area contributed by atoms with Crippen molar-refractivity contribution in [1.82, 2.24) is 5.32 Å². The molecule has 0 amide bonds. The minimum Gasteiger partial charge on any atom is -0.381 e. The van der Waals surface area contributed by atoms with Crippen LogP contribution in [-0.2, 0) is 11.3 Å². The van der Waals surface area contributed by atoms with Crippen LogP contribution in [0, 0.1) is 11.3 Å². The van der Waals surface area contributed by atoms with Crippen LogP contribution in [-0.4, -0.2) is 25.0 Å².